The van der Waals surface area contributed by atoms with Gasteiger partial charge in [0.15, 0.2) is 0 Å². The molecule has 8 heteroatoms. The maximum Gasteiger partial charge on any atom is 0.297 e. The smallest absolute Gasteiger partial charge is 0.297 e. The van der Waals surface area contributed by atoms with Gasteiger partial charge >= 0.3 is 0 Å². The SMILES string of the molecule is C[B]c1ccc2nc(-c3ccc(OCCOS(=O)(=O)c4ccc(C)cc4)cc3)cn2c1. The highest BCUT2D eigenvalue weighted by Gasteiger charge is 2.14. The van der Waals surface area contributed by atoms with E-state index in [1.54, 1.807) is 12.1 Å². The van der Waals surface area contributed by atoms with Crippen molar-refractivity contribution in [2.45, 2.75) is 18.6 Å². The number of fused-ring (bicyclic) bond motifs is 1. The van der Waals surface area contributed by atoms with Crippen LogP contribution in [-0.4, -0.2) is 38.3 Å². The van der Waals surface area contributed by atoms with Gasteiger partial charge in [-0.1, -0.05) is 36.0 Å². The minimum absolute atomic E-state index is 0.0683. The zero-order chi connectivity index (χ0) is 21.8. The lowest BCUT2D eigenvalue weighted by Crippen LogP contribution is -2.13. The average molecular weight is 433 g/mol. The summed E-state index contributed by atoms with van der Waals surface area (Å²) in [5, 5.41) is 0. The molecule has 2 aromatic carbocycles. The molecule has 0 aliphatic rings. The summed E-state index contributed by atoms with van der Waals surface area (Å²) in [4.78, 5) is 4.78. The molecule has 0 amide bonds. The molecule has 0 saturated heterocycles. The van der Waals surface area contributed by atoms with Crippen molar-refractivity contribution in [1.82, 2.24) is 9.38 Å². The molecule has 0 fully saturated rings. The Morgan fingerprint density at radius 3 is 2.39 bits per heavy atom. The Morgan fingerprint density at radius 1 is 0.935 bits per heavy atom. The Kier molecular flexibility index (Phi) is 6.11. The van der Waals surface area contributed by atoms with E-state index in [0.29, 0.717) is 5.75 Å². The Bertz CT molecular complexity index is 1280. The molecular weight excluding hydrogens is 411 g/mol. The van der Waals surface area contributed by atoms with Gasteiger partial charge in [-0.2, -0.15) is 8.42 Å². The molecule has 6 nitrogen and oxygen atoms in total. The molecule has 0 unspecified atom stereocenters. The molecule has 31 heavy (non-hydrogen) atoms. The molecule has 1 radical (unpaired) electrons. The number of benzene rings is 2. The Morgan fingerprint density at radius 2 is 1.68 bits per heavy atom. The molecule has 157 valence electrons. The van der Waals surface area contributed by atoms with Gasteiger partial charge in [0.1, 0.15) is 31.9 Å². The summed E-state index contributed by atoms with van der Waals surface area (Å²) < 4.78 is 37.0. The minimum atomic E-state index is -3.78. The Balaban J connectivity index is 1.34. The average Bonchev–Trinajstić information content (AvgIpc) is 3.21. The fourth-order valence-electron chi connectivity index (χ4n) is 3.12. The van der Waals surface area contributed by atoms with Crippen LogP contribution in [0, 0.1) is 6.92 Å². The van der Waals surface area contributed by atoms with Crippen LogP contribution in [0.25, 0.3) is 16.9 Å². The largest absolute Gasteiger partial charge is 0.491 e. The molecule has 0 bridgehead atoms. The van der Waals surface area contributed by atoms with E-state index in [1.165, 1.54) is 12.1 Å². The van der Waals surface area contributed by atoms with Crippen LogP contribution < -0.4 is 10.2 Å². The van der Waals surface area contributed by atoms with Crippen molar-refractivity contribution in [3.63, 3.8) is 0 Å². The van der Waals surface area contributed by atoms with Gasteiger partial charge in [-0.3, -0.25) is 4.18 Å². The number of rotatable bonds is 8. The molecule has 2 aromatic heterocycles. The fourth-order valence-corrected chi connectivity index (χ4v) is 4.01. The van der Waals surface area contributed by atoms with Gasteiger partial charge in [0.05, 0.1) is 10.6 Å². The van der Waals surface area contributed by atoms with Crippen LogP contribution >= 0.6 is 0 Å². The van der Waals surface area contributed by atoms with Crippen LogP contribution in [-0.2, 0) is 14.3 Å². The first-order valence-corrected chi connectivity index (χ1v) is 11.3. The maximum atomic E-state index is 12.2. The van der Waals surface area contributed by atoms with Crippen molar-refractivity contribution in [2.24, 2.45) is 0 Å². The van der Waals surface area contributed by atoms with Crippen LogP contribution in [0.3, 0.4) is 0 Å². The third-order valence-corrected chi connectivity index (χ3v) is 6.18. The first-order valence-electron chi connectivity index (χ1n) is 9.92. The van der Waals surface area contributed by atoms with Gasteiger partial charge in [-0.05, 0) is 49.4 Å². The fraction of sp³-hybridized carbons (Fsp3) is 0.174. The molecule has 4 rings (SSSR count). The molecule has 2 heterocycles. The summed E-state index contributed by atoms with van der Waals surface area (Å²) in [6, 6.07) is 18.1. The third kappa shape index (κ3) is 4.98. The third-order valence-electron chi connectivity index (χ3n) is 4.86. The molecule has 0 aliphatic heterocycles. The van der Waals surface area contributed by atoms with Gasteiger partial charge in [0, 0.05) is 18.0 Å². The van der Waals surface area contributed by atoms with Crippen LogP contribution in [0.4, 0.5) is 0 Å². The van der Waals surface area contributed by atoms with Crippen LogP contribution in [0.15, 0.2) is 78.0 Å². The molecule has 0 saturated carbocycles. The lowest BCUT2D eigenvalue weighted by atomic mass is 9.74. The molecule has 0 spiro atoms. The zero-order valence-corrected chi connectivity index (χ0v) is 18.2. The first kappa shape index (κ1) is 21.1. The van der Waals surface area contributed by atoms with Gasteiger partial charge in [0.25, 0.3) is 10.1 Å². The molecule has 0 N–H and O–H groups in total. The standard InChI is InChI=1S/C23H22BN2O4S/c1-17-3-10-21(11-4-17)31(27,28)30-14-13-29-20-8-5-18(6-9-20)22-16-26-15-19(24-2)7-12-23(26)25-22/h3-12,15-16H,13-14H2,1-2H3. The monoisotopic (exact) mass is 433 g/mol. The second-order valence-corrected chi connectivity index (χ2v) is 8.72. The van der Waals surface area contributed by atoms with Crippen molar-refractivity contribution < 1.29 is 17.3 Å². The van der Waals surface area contributed by atoms with E-state index in [0.717, 1.165) is 27.9 Å². The summed E-state index contributed by atoms with van der Waals surface area (Å²) >= 11 is 0. The van der Waals surface area contributed by atoms with Crippen molar-refractivity contribution >= 4 is 28.5 Å². The molecule has 0 atom stereocenters. The number of aryl methyl sites for hydroxylation is 1. The lowest BCUT2D eigenvalue weighted by molar-refractivity contribution is 0.221. The van der Waals surface area contributed by atoms with E-state index >= 15 is 0 Å². The van der Waals surface area contributed by atoms with E-state index in [1.807, 2.05) is 74.2 Å². The Labute approximate surface area is 182 Å². The van der Waals surface area contributed by atoms with E-state index in [-0.39, 0.29) is 18.1 Å². The summed E-state index contributed by atoms with van der Waals surface area (Å²) in [6.07, 6.45) is 4.02. The zero-order valence-electron chi connectivity index (χ0n) is 17.4. The number of pyridine rings is 1. The van der Waals surface area contributed by atoms with Gasteiger partial charge in [-0.25, -0.2) is 4.98 Å². The normalized spacial score (nSPS) is 11.5. The van der Waals surface area contributed by atoms with Crippen molar-refractivity contribution in [2.75, 3.05) is 13.2 Å². The number of ether oxygens (including phenoxy) is 1. The number of hydrogen-bond acceptors (Lipinski definition) is 5. The van der Waals surface area contributed by atoms with Crippen molar-refractivity contribution in [3.8, 4) is 17.0 Å². The quantitative estimate of drug-likeness (QED) is 0.242. The lowest BCUT2D eigenvalue weighted by Gasteiger charge is -2.08. The van der Waals surface area contributed by atoms with E-state index < -0.39 is 10.1 Å². The molecule has 0 aliphatic carbocycles. The highest BCUT2D eigenvalue weighted by molar-refractivity contribution is 7.86. The van der Waals surface area contributed by atoms with E-state index in [2.05, 4.69) is 4.98 Å². The predicted octanol–water partition coefficient (Wildman–Crippen LogP) is 3.47. The summed E-state index contributed by atoms with van der Waals surface area (Å²) in [6.45, 7) is 3.95. The predicted molar refractivity (Wildman–Crippen MR) is 122 cm³/mol. The molecular formula is C23H22BN2O4S. The van der Waals surface area contributed by atoms with Crippen molar-refractivity contribution in [1.29, 1.82) is 0 Å². The van der Waals surface area contributed by atoms with Gasteiger partial charge in [0.2, 0.25) is 0 Å². The molecule has 4 aromatic rings. The summed E-state index contributed by atoms with van der Waals surface area (Å²) in [5.74, 6) is 0.631. The highest BCUT2D eigenvalue weighted by Crippen LogP contribution is 2.22. The van der Waals surface area contributed by atoms with Crippen molar-refractivity contribution in [3.05, 3.63) is 78.6 Å². The number of nitrogens with zero attached hydrogens (tertiary/aromatic N) is 2. The number of hydrogen-bond donors (Lipinski definition) is 0. The highest BCUT2D eigenvalue weighted by atomic mass is 32.2. The van der Waals surface area contributed by atoms with Gasteiger partial charge in [-0.15, -0.1) is 0 Å². The summed E-state index contributed by atoms with van der Waals surface area (Å²) in [5.41, 5.74) is 4.84. The topological polar surface area (TPSA) is 69.9 Å². The Hall–Kier alpha value is -3.10. The number of imidazole rings is 1. The second kappa shape index (κ2) is 8.95. The van der Waals surface area contributed by atoms with E-state index in [9.17, 15) is 8.42 Å². The minimum Gasteiger partial charge on any atom is -0.491 e. The van der Waals surface area contributed by atoms with Crippen LogP contribution in [0.5, 0.6) is 5.75 Å². The van der Waals surface area contributed by atoms with E-state index in [4.69, 9.17) is 8.92 Å². The number of aromatic nitrogens is 2. The maximum absolute atomic E-state index is 12.2. The van der Waals surface area contributed by atoms with Crippen LogP contribution in [0.2, 0.25) is 6.82 Å². The van der Waals surface area contributed by atoms with Crippen LogP contribution in [0.1, 0.15) is 5.56 Å². The van der Waals surface area contributed by atoms with Gasteiger partial charge < -0.3 is 9.14 Å². The first-order chi connectivity index (χ1) is 14.9. The summed E-state index contributed by atoms with van der Waals surface area (Å²) in [7, 11) is -1.74. The second-order valence-electron chi connectivity index (χ2n) is 7.10.